The maximum Gasteiger partial charge on any atom is 0.260 e. The summed E-state index contributed by atoms with van der Waals surface area (Å²) in [5.74, 6) is 0.615. The van der Waals surface area contributed by atoms with E-state index < -0.39 is 0 Å². The van der Waals surface area contributed by atoms with Crippen LogP contribution in [0.1, 0.15) is 15.6 Å². The number of fused-ring (bicyclic) bond motifs is 1. The molecule has 5 nitrogen and oxygen atoms in total. The number of ether oxygens (including phenoxy) is 1. The summed E-state index contributed by atoms with van der Waals surface area (Å²) in [6, 6.07) is 7.01. The molecular weight excluding hydrogens is 390 g/mol. The van der Waals surface area contributed by atoms with Gasteiger partial charge in [0.1, 0.15) is 16.5 Å². The van der Waals surface area contributed by atoms with Crippen LogP contribution in [0.15, 0.2) is 29.6 Å². The third-order valence-corrected chi connectivity index (χ3v) is 6.23. The van der Waals surface area contributed by atoms with E-state index in [-0.39, 0.29) is 12.5 Å². The summed E-state index contributed by atoms with van der Waals surface area (Å²) >= 11 is 9.10. The molecule has 0 saturated carbocycles. The van der Waals surface area contributed by atoms with Crippen LogP contribution in [0.4, 0.5) is 0 Å². The van der Waals surface area contributed by atoms with E-state index in [2.05, 4.69) is 4.98 Å². The highest BCUT2D eigenvalue weighted by atomic mass is 35.5. The van der Waals surface area contributed by atoms with Crippen LogP contribution < -0.4 is 4.74 Å². The van der Waals surface area contributed by atoms with Crippen LogP contribution in [0, 0.1) is 6.92 Å². The number of thiazole rings is 2. The van der Waals surface area contributed by atoms with Gasteiger partial charge in [0, 0.05) is 28.2 Å². The van der Waals surface area contributed by atoms with Gasteiger partial charge in [-0.3, -0.25) is 4.79 Å². The van der Waals surface area contributed by atoms with Gasteiger partial charge >= 0.3 is 0 Å². The predicted octanol–water partition coefficient (Wildman–Crippen LogP) is 4.19. The minimum absolute atomic E-state index is 0.0217. The number of hydrogen-bond acceptors (Lipinski definition) is 6. The lowest BCUT2D eigenvalue weighted by atomic mass is 10.2. The van der Waals surface area contributed by atoms with E-state index >= 15 is 0 Å². The molecule has 0 N–H and O–H groups in total. The first kappa shape index (κ1) is 17.5. The van der Waals surface area contributed by atoms with Crippen molar-refractivity contribution in [3.05, 3.63) is 50.2 Å². The monoisotopic (exact) mass is 405 g/mol. The van der Waals surface area contributed by atoms with E-state index in [1.54, 1.807) is 46.9 Å². The van der Waals surface area contributed by atoms with Crippen LogP contribution >= 0.6 is 34.3 Å². The quantitative estimate of drug-likeness (QED) is 0.653. The molecule has 0 bridgehead atoms. The van der Waals surface area contributed by atoms with Gasteiger partial charge in [0.25, 0.3) is 5.91 Å². The Morgan fingerprint density at radius 2 is 2.12 bits per heavy atom. The second-order valence-corrected chi connectivity index (χ2v) is 8.53. The van der Waals surface area contributed by atoms with Gasteiger partial charge in [-0.05, 0) is 31.2 Å². The minimum Gasteiger partial charge on any atom is -0.484 e. The number of amides is 1. The Morgan fingerprint density at radius 1 is 1.31 bits per heavy atom. The molecule has 8 heteroatoms. The Bertz CT molecular complexity index is 936. The lowest BCUT2D eigenvalue weighted by Crippen LogP contribution is -2.38. The Balaban J connectivity index is 1.40. The molecule has 3 aromatic rings. The number of carbonyl (C=O) groups excluding carboxylic acids is 1. The summed E-state index contributed by atoms with van der Waals surface area (Å²) in [5.41, 5.74) is 2.01. The highest BCUT2D eigenvalue weighted by molar-refractivity contribution is 7.15. The molecule has 0 atom stereocenters. The van der Waals surface area contributed by atoms with Gasteiger partial charge in [-0.25, -0.2) is 9.97 Å². The van der Waals surface area contributed by atoms with Gasteiger partial charge in [-0.2, -0.15) is 0 Å². The van der Waals surface area contributed by atoms with E-state index in [1.807, 2.05) is 17.2 Å². The third-order valence-electron chi connectivity index (χ3n) is 4.10. The van der Waals surface area contributed by atoms with Crippen molar-refractivity contribution in [3.8, 4) is 16.5 Å². The second-order valence-electron chi connectivity index (χ2n) is 5.95. The Hall–Kier alpha value is -1.96. The fourth-order valence-corrected chi connectivity index (χ4v) is 4.63. The minimum atomic E-state index is -0.0231. The zero-order chi connectivity index (χ0) is 18.1. The normalized spacial score (nSPS) is 13.5. The maximum atomic E-state index is 12.5. The van der Waals surface area contributed by atoms with Gasteiger partial charge in [-0.1, -0.05) is 11.6 Å². The second kappa shape index (κ2) is 7.34. The number of nitrogens with zero attached hydrogens (tertiary/aromatic N) is 3. The average Bonchev–Trinajstić information content (AvgIpc) is 3.26. The molecule has 0 unspecified atom stereocenters. The Morgan fingerprint density at radius 3 is 2.85 bits per heavy atom. The predicted molar refractivity (Wildman–Crippen MR) is 104 cm³/mol. The molecule has 0 fully saturated rings. The molecule has 26 heavy (non-hydrogen) atoms. The lowest BCUT2D eigenvalue weighted by Gasteiger charge is -2.26. The van der Waals surface area contributed by atoms with Crippen molar-refractivity contribution in [1.29, 1.82) is 0 Å². The zero-order valence-electron chi connectivity index (χ0n) is 14.1. The van der Waals surface area contributed by atoms with Crippen molar-refractivity contribution in [2.45, 2.75) is 19.9 Å². The summed E-state index contributed by atoms with van der Waals surface area (Å²) in [6.07, 6.45) is 0.766. The summed E-state index contributed by atoms with van der Waals surface area (Å²) in [7, 11) is 0. The summed E-state index contributed by atoms with van der Waals surface area (Å²) < 4.78 is 5.57. The molecule has 1 amide bonds. The summed E-state index contributed by atoms with van der Waals surface area (Å²) in [6.45, 7) is 3.25. The van der Waals surface area contributed by atoms with Crippen LogP contribution in [0.3, 0.4) is 0 Å². The summed E-state index contributed by atoms with van der Waals surface area (Å²) in [4.78, 5) is 24.7. The van der Waals surface area contributed by atoms with Crippen LogP contribution in [0.25, 0.3) is 10.7 Å². The standard InChI is InChI=1S/C18H16ClN3O2S2/c1-11-20-15(10-25-11)18-21-14-6-7-22(8-16(14)26-18)17(23)9-24-13-4-2-12(19)3-5-13/h2-5,10H,6-9H2,1H3. The SMILES string of the molecule is Cc1nc(-c2nc3c(s2)CN(C(=O)COc2ccc(Cl)cc2)CC3)cs1. The van der Waals surface area contributed by atoms with Crippen molar-refractivity contribution in [2.24, 2.45) is 0 Å². The molecule has 134 valence electrons. The fourth-order valence-electron chi connectivity index (χ4n) is 2.75. The summed E-state index contributed by atoms with van der Waals surface area (Å²) in [5, 5.41) is 4.64. The largest absolute Gasteiger partial charge is 0.484 e. The van der Waals surface area contributed by atoms with E-state index in [1.165, 1.54) is 0 Å². The molecule has 0 spiro atoms. The molecular formula is C18H16ClN3O2S2. The van der Waals surface area contributed by atoms with E-state index in [0.29, 0.717) is 23.9 Å². The molecule has 0 saturated heterocycles. The van der Waals surface area contributed by atoms with Gasteiger partial charge in [0.15, 0.2) is 6.61 Å². The highest BCUT2D eigenvalue weighted by Crippen LogP contribution is 2.32. The van der Waals surface area contributed by atoms with Gasteiger partial charge in [-0.15, -0.1) is 22.7 Å². The Kier molecular flexibility index (Phi) is 4.93. The van der Waals surface area contributed by atoms with Crippen LogP contribution in [0.2, 0.25) is 5.02 Å². The molecule has 1 aromatic carbocycles. The van der Waals surface area contributed by atoms with Crippen LogP contribution in [0.5, 0.6) is 5.75 Å². The first-order chi connectivity index (χ1) is 12.6. The number of aromatic nitrogens is 2. The van der Waals surface area contributed by atoms with Crippen molar-refractivity contribution >= 4 is 40.2 Å². The zero-order valence-corrected chi connectivity index (χ0v) is 16.5. The smallest absolute Gasteiger partial charge is 0.260 e. The maximum absolute atomic E-state index is 12.5. The number of aryl methyl sites for hydroxylation is 1. The number of rotatable bonds is 4. The first-order valence-electron chi connectivity index (χ1n) is 8.16. The molecule has 0 radical (unpaired) electrons. The first-order valence-corrected chi connectivity index (χ1v) is 10.2. The van der Waals surface area contributed by atoms with Crippen molar-refractivity contribution in [1.82, 2.24) is 14.9 Å². The number of benzene rings is 1. The van der Waals surface area contributed by atoms with Crippen molar-refractivity contribution in [2.75, 3.05) is 13.2 Å². The van der Waals surface area contributed by atoms with E-state index in [4.69, 9.17) is 21.3 Å². The van der Waals surface area contributed by atoms with Gasteiger partial charge in [0.2, 0.25) is 0 Å². The van der Waals surface area contributed by atoms with Gasteiger partial charge in [0.05, 0.1) is 17.2 Å². The number of carbonyl (C=O) groups is 1. The topological polar surface area (TPSA) is 55.3 Å². The Labute approximate surface area is 164 Å². The number of halogens is 1. The highest BCUT2D eigenvalue weighted by Gasteiger charge is 2.25. The molecule has 3 heterocycles. The van der Waals surface area contributed by atoms with E-state index in [9.17, 15) is 4.79 Å². The van der Waals surface area contributed by atoms with E-state index in [0.717, 1.165) is 32.7 Å². The molecule has 0 aliphatic carbocycles. The van der Waals surface area contributed by atoms with Crippen molar-refractivity contribution in [3.63, 3.8) is 0 Å². The van der Waals surface area contributed by atoms with Crippen molar-refractivity contribution < 1.29 is 9.53 Å². The molecule has 4 rings (SSSR count). The lowest BCUT2D eigenvalue weighted by molar-refractivity contribution is -0.134. The molecule has 1 aliphatic heterocycles. The van der Waals surface area contributed by atoms with Crippen LogP contribution in [-0.2, 0) is 17.8 Å². The van der Waals surface area contributed by atoms with Gasteiger partial charge < -0.3 is 9.64 Å². The van der Waals surface area contributed by atoms with Crippen LogP contribution in [-0.4, -0.2) is 33.9 Å². The fraction of sp³-hybridized carbons (Fsp3) is 0.278. The average molecular weight is 406 g/mol. The molecule has 1 aliphatic rings. The third kappa shape index (κ3) is 3.75. The number of hydrogen-bond donors (Lipinski definition) is 0. The molecule has 2 aromatic heterocycles.